The van der Waals surface area contributed by atoms with E-state index in [4.69, 9.17) is 15.2 Å². The fourth-order valence-electron chi connectivity index (χ4n) is 5.81. The number of nitrogens with zero attached hydrogens (tertiary/aromatic N) is 2. The summed E-state index contributed by atoms with van der Waals surface area (Å²) in [5.74, 6) is 0.261. The lowest BCUT2D eigenvalue weighted by atomic mass is 10.1. The first-order valence-electron chi connectivity index (χ1n) is 13.4. The van der Waals surface area contributed by atoms with E-state index in [-0.39, 0.29) is 11.9 Å². The molecule has 2 fully saturated rings. The third-order valence-electron chi connectivity index (χ3n) is 7.73. The number of hydrogen-bond acceptors (Lipinski definition) is 5. The zero-order valence-electron chi connectivity index (χ0n) is 22.6. The largest absolute Gasteiger partial charge is 0.493 e. The zero-order valence-corrected chi connectivity index (χ0v) is 22.6. The highest BCUT2D eigenvalue weighted by atomic mass is 19.1. The Morgan fingerprint density at radius 3 is 2.58 bits per heavy atom. The predicted molar refractivity (Wildman–Crippen MR) is 145 cm³/mol. The van der Waals surface area contributed by atoms with E-state index in [0.717, 1.165) is 56.8 Å². The Labute approximate surface area is 224 Å². The third-order valence-corrected chi connectivity index (χ3v) is 7.73. The SMILES string of the molecule is COc1ccc(C(=O)N(C/C(C)=C/c2ccc(F)cc2F)C[C@@H]2CCCN2C[C@H]2CC[C@@H](N)C2)cc1OC. The van der Waals surface area contributed by atoms with Gasteiger partial charge in [0.25, 0.3) is 5.91 Å². The maximum Gasteiger partial charge on any atom is 0.254 e. The minimum Gasteiger partial charge on any atom is -0.493 e. The Hall–Kier alpha value is -2.97. The van der Waals surface area contributed by atoms with Crippen molar-refractivity contribution >= 4 is 12.0 Å². The highest BCUT2D eigenvalue weighted by molar-refractivity contribution is 5.95. The molecule has 1 saturated heterocycles. The van der Waals surface area contributed by atoms with Gasteiger partial charge in [-0.1, -0.05) is 11.6 Å². The van der Waals surface area contributed by atoms with Crippen LogP contribution in [0.3, 0.4) is 0 Å². The number of halogens is 2. The number of likely N-dealkylation sites (tertiary alicyclic amines) is 1. The van der Waals surface area contributed by atoms with Crippen LogP contribution < -0.4 is 15.2 Å². The van der Waals surface area contributed by atoms with Crippen LogP contribution in [0.15, 0.2) is 42.0 Å². The number of rotatable bonds is 10. The zero-order chi connectivity index (χ0) is 27.2. The van der Waals surface area contributed by atoms with Crippen LogP contribution in [0.4, 0.5) is 8.78 Å². The van der Waals surface area contributed by atoms with E-state index in [0.29, 0.717) is 47.7 Å². The van der Waals surface area contributed by atoms with E-state index < -0.39 is 11.6 Å². The highest BCUT2D eigenvalue weighted by Gasteiger charge is 2.32. The number of benzene rings is 2. The molecule has 1 heterocycles. The van der Waals surface area contributed by atoms with Crippen LogP contribution in [0.1, 0.15) is 54.9 Å². The van der Waals surface area contributed by atoms with Gasteiger partial charge in [-0.25, -0.2) is 8.78 Å². The van der Waals surface area contributed by atoms with E-state index in [2.05, 4.69) is 4.90 Å². The summed E-state index contributed by atoms with van der Waals surface area (Å²) in [6.07, 6.45) is 7.08. The molecule has 1 aliphatic carbocycles. The third kappa shape index (κ3) is 6.91. The second kappa shape index (κ2) is 12.7. The van der Waals surface area contributed by atoms with Gasteiger partial charge in [-0.15, -0.1) is 0 Å². The van der Waals surface area contributed by atoms with Crippen LogP contribution in [-0.4, -0.2) is 68.2 Å². The molecule has 8 heteroatoms. The van der Waals surface area contributed by atoms with Crippen LogP contribution in [0.5, 0.6) is 11.5 Å². The van der Waals surface area contributed by atoms with E-state index in [1.807, 2.05) is 11.8 Å². The first kappa shape index (κ1) is 28.0. The van der Waals surface area contributed by atoms with Gasteiger partial charge >= 0.3 is 0 Å². The molecular weight excluding hydrogens is 488 g/mol. The summed E-state index contributed by atoms with van der Waals surface area (Å²) >= 11 is 0. The molecule has 6 nitrogen and oxygen atoms in total. The van der Waals surface area contributed by atoms with E-state index in [9.17, 15) is 13.6 Å². The van der Waals surface area contributed by atoms with Gasteiger partial charge < -0.3 is 20.1 Å². The summed E-state index contributed by atoms with van der Waals surface area (Å²) in [4.78, 5) is 18.2. The number of nitrogens with two attached hydrogens (primary N) is 1. The van der Waals surface area contributed by atoms with Gasteiger partial charge in [0.1, 0.15) is 11.6 Å². The average Bonchev–Trinajstić information content (AvgIpc) is 3.52. The van der Waals surface area contributed by atoms with Gasteiger partial charge in [-0.2, -0.15) is 0 Å². The van der Waals surface area contributed by atoms with Crippen LogP contribution in [0.25, 0.3) is 6.08 Å². The van der Waals surface area contributed by atoms with Gasteiger partial charge in [0.15, 0.2) is 11.5 Å². The first-order chi connectivity index (χ1) is 18.3. The molecule has 1 saturated carbocycles. The van der Waals surface area contributed by atoms with Crippen molar-refractivity contribution in [1.29, 1.82) is 0 Å². The van der Waals surface area contributed by atoms with Crippen molar-refractivity contribution in [3.63, 3.8) is 0 Å². The average molecular weight is 528 g/mol. The quantitative estimate of drug-likeness (QED) is 0.465. The number of methoxy groups -OCH3 is 2. The lowest BCUT2D eigenvalue weighted by Gasteiger charge is -2.33. The van der Waals surface area contributed by atoms with Crippen molar-refractivity contribution in [2.24, 2.45) is 11.7 Å². The smallest absolute Gasteiger partial charge is 0.254 e. The molecule has 1 aliphatic heterocycles. The second-order valence-electron chi connectivity index (χ2n) is 10.6. The molecule has 0 spiro atoms. The molecule has 0 bridgehead atoms. The monoisotopic (exact) mass is 527 g/mol. The second-order valence-corrected chi connectivity index (χ2v) is 10.6. The molecule has 0 unspecified atom stereocenters. The van der Waals surface area contributed by atoms with Crippen molar-refractivity contribution in [3.05, 3.63) is 64.7 Å². The van der Waals surface area contributed by atoms with Crippen molar-refractivity contribution < 1.29 is 23.0 Å². The van der Waals surface area contributed by atoms with Gasteiger partial charge in [0.2, 0.25) is 0 Å². The maximum absolute atomic E-state index is 14.3. The molecule has 3 atom stereocenters. The van der Waals surface area contributed by atoms with Gasteiger partial charge in [0, 0.05) is 48.9 Å². The summed E-state index contributed by atoms with van der Waals surface area (Å²) in [6, 6.07) is 9.22. The van der Waals surface area contributed by atoms with Crippen LogP contribution in [0, 0.1) is 17.6 Å². The molecule has 1 amide bonds. The molecule has 4 rings (SSSR count). The topological polar surface area (TPSA) is 68.0 Å². The Kier molecular flexibility index (Phi) is 9.39. The maximum atomic E-state index is 14.3. The Balaban J connectivity index is 1.57. The molecule has 2 aromatic carbocycles. The highest BCUT2D eigenvalue weighted by Crippen LogP contribution is 2.30. The van der Waals surface area contributed by atoms with E-state index >= 15 is 0 Å². The molecule has 38 heavy (non-hydrogen) atoms. The molecule has 0 radical (unpaired) electrons. The molecule has 2 aliphatic rings. The Bertz CT molecular complexity index is 1160. The van der Waals surface area contributed by atoms with Crippen molar-refractivity contribution in [3.8, 4) is 11.5 Å². The number of hydrogen-bond donors (Lipinski definition) is 1. The number of carbonyl (C=O) groups excluding carboxylic acids is 1. The number of carbonyl (C=O) groups is 1. The van der Waals surface area contributed by atoms with Crippen molar-refractivity contribution in [2.75, 3.05) is 40.4 Å². The number of ether oxygens (including phenoxy) is 2. The summed E-state index contributed by atoms with van der Waals surface area (Å²) < 4.78 is 38.5. The van der Waals surface area contributed by atoms with Crippen LogP contribution >= 0.6 is 0 Å². The van der Waals surface area contributed by atoms with Gasteiger partial charge in [0.05, 0.1) is 14.2 Å². The lowest BCUT2D eigenvalue weighted by molar-refractivity contribution is 0.0714. The predicted octanol–water partition coefficient (Wildman–Crippen LogP) is 5.12. The molecule has 0 aromatic heterocycles. The first-order valence-corrected chi connectivity index (χ1v) is 13.4. The van der Waals surface area contributed by atoms with Crippen molar-refractivity contribution in [2.45, 2.75) is 51.1 Å². The summed E-state index contributed by atoms with van der Waals surface area (Å²) in [5, 5.41) is 0. The standard InChI is InChI=1S/C30H39F2N3O3/c1-20(13-22-7-9-24(31)16-27(22)32)17-35(30(36)23-8-11-28(37-2)29(15-23)38-3)19-26-5-4-12-34(26)18-21-6-10-25(33)14-21/h7-9,11,13,15-16,21,25-26H,4-6,10,12,14,17-19,33H2,1-3H3/b20-13+/t21-,25+,26-/m0/s1. The van der Waals surface area contributed by atoms with Crippen LogP contribution in [0.2, 0.25) is 0 Å². The normalized spacial score (nSPS) is 22.1. The van der Waals surface area contributed by atoms with Gasteiger partial charge in [-0.3, -0.25) is 9.69 Å². The van der Waals surface area contributed by atoms with E-state index in [1.165, 1.54) is 12.1 Å². The van der Waals surface area contributed by atoms with Gasteiger partial charge in [-0.05, 0) is 81.8 Å². The minimum absolute atomic E-state index is 0.131. The van der Waals surface area contributed by atoms with Crippen LogP contribution in [-0.2, 0) is 0 Å². The Morgan fingerprint density at radius 1 is 1.11 bits per heavy atom. The van der Waals surface area contributed by atoms with E-state index in [1.54, 1.807) is 38.5 Å². The summed E-state index contributed by atoms with van der Waals surface area (Å²) in [5.41, 5.74) is 7.75. The van der Waals surface area contributed by atoms with Crippen molar-refractivity contribution in [1.82, 2.24) is 9.80 Å². The number of amides is 1. The summed E-state index contributed by atoms with van der Waals surface area (Å²) in [6.45, 7) is 4.77. The lowest BCUT2D eigenvalue weighted by Crippen LogP contribution is -2.45. The fourth-order valence-corrected chi connectivity index (χ4v) is 5.81. The molecule has 206 valence electrons. The molecular formula is C30H39F2N3O3. The Morgan fingerprint density at radius 2 is 1.89 bits per heavy atom. The summed E-state index contributed by atoms with van der Waals surface area (Å²) in [7, 11) is 3.10. The fraction of sp³-hybridized carbons (Fsp3) is 0.500. The molecule has 2 aromatic rings. The minimum atomic E-state index is -0.626. The molecule has 2 N–H and O–H groups in total.